The molecule has 5 rings (SSSR count). The number of anilines is 1. The Morgan fingerprint density at radius 1 is 1.25 bits per heavy atom. The number of rotatable bonds is 9. The second kappa shape index (κ2) is 11.9. The molecule has 1 aromatic carbocycles. The quantitative estimate of drug-likeness (QED) is 0.311. The van der Waals surface area contributed by atoms with Gasteiger partial charge >= 0.3 is 6.61 Å². The van der Waals surface area contributed by atoms with Crippen LogP contribution < -0.4 is 15.5 Å². The predicted octanol–water partition coefficient (Wildman–Crippen LogP) is 3.41. The van der Waals surface area contributed by atoms with Crippen LogP contribution >= 0.6 is 11.6 Å². The number of carbonyl (C=O) groups is 2. The molecule has 15 heteroatoms. The Morgan fingerprint density at radius 3 is 2.80 bits per heavy atom. The van der Waals surface area contributed by atoms with Gasteiger partial charge in [0.25, 0.3) is 11.8 Å². The van der Waals surface area contributed by atoms with Gasteiger partial charge in [0.2, 0.25) is 0 Å². The van der Waals surface area contributed by atoms with Gasteiger partial charge in [-0.15, -0.1) is 0 Å². The number of aromatic nitrogens is 5. The number of amides is 2. The summed E-state index contributed by atoms with van der Waals surface area (Å²) in [4.78, 5) is 29.4. The van der Waals surface area contributed by atoms with E-state index >= 15 is 0 Å². The summed E-state index contributed by atoms with van der Waals surface area (Å²) in [6.07, 6.45) is 7.47. The third kappa shape index (κ3) is 6.03. The molecule has 12 nitrogen and oxygen atoms in total. The largest absolute Gasteiger partial charge is 0.434 e. The molecule has 0 radical (unpaired) electrons. The van der Waals surface area contributed by atoms with E-state index in [2.05, 4.69) is 25.9 Å². The SMILES string of the molecule is COCC(=O)NN1CCC(n2cc(NC(=O)c3cnn4cccnc34)c(-c3cc(Cl)ccc3OC(F)F)n2)CC1. The highest BCUT2D eigenvalue weighted by Crippen LogP contribution is 2.38. The Hall–Kier alpha value is -4.14. The highest BCUT2D eigenvalue weighted by molar-refractivity contribution is 6.31. The van der Waals surface area contributed by atoms with Crippen molar-refractivity contribution in [2.75, 3.05) is 32.1 Å². The maximum atomic E-state index is 13.3. The molecule has 1 fully saturated rings. The normalized spacial score (nSPS) is 14.5. The summed E-state index contributed by atoms with van der Waals surface area (Å²) in [7, 11) is 1.45. The van der Waals surface area contributed by atoms with Crippen molar-refractivity contribution in [3.63, 3.8) is 0 Å². The maximum Gasteiger partial charge on any atom is 0.387 e. The van der Waals surface area contributed by atoms with Crippen LogP contribution in [0.2, 0.25) is 5.02 Å². The van der Waals surface area contributed by atoms with Gasteiger partial charge in [-0.2, -0.15) is 19.0 Å². The minimum Gasteiger partial charge on any atom is -0.434 e. The van der Waals surface area contributed by atoms with Gasteiger partial charge in [-0.1, -0.05) is 11.6 Å². The summed E-state index contributed by atoms with van der Waals surface area (Å²) >= 11 is 6.21. The van der Waals surface area contributed by atoms with E-state index in [-0.39, 0.29) is 51.8 Å². The average Bonchev–Trinajstić information content (AvgIpc) is 3.55. The summed E-state index contributed by atoms with van der Waals surface area (Å²) < 4.78 is 39.2. The van der Waals surface area contributed by atoms with Crippen molar-refractivity contribution in [2.45, 2.75) is 25.5 Å². The van der Waals surface area contributed by atoms with E-state index in [4.69, 9.17) is 21.1 Å². The van der Waals surface area contributed by atoms with Crippen LogP contribution in [0.25, 0.3) is 16.9 Å². The van der Waals surface area contributed by atoms with Crippen molar-refractivity contribution in [1.29, 1.82) is 0 Å². The van der Waals surface area contributed by atoms with Crippen molar-refractivity contribution < 1.29 is 27.8 Å². The number of alkyl halides is 2. The molecule has 210 valence electrons. The van der Waals surface area contributed by atoms with Gasteiger partial charge in [0.05, 0.1) is 17.9 Å². The fourth-order valence-corrected chi connectivity index (χ4v) is 4.69. The Kier molecular flexibility index (Phi) is 8.19. The third-order valence-electron chi connectivity index (χ3n) is 6.31. The molecule has 4 heterocycles. The van der Waals surface area contributed by atoms with Crippen molar-refractivity contribution >= 4 is 34.7 Å². The first kappa shape index (κ1) is 27.4. The molecule has 3 aromatic heterocycles. The Balaban J connectivity index is 1.46. The number of nitrogens with one attached hydrogen (secondary N) is 2. The van der Waals surface area contributed by atoms with Gasteiger partial charge in [0, 0.05) is 49.4 Å². The summed E-state index contributed by atoms with van der Waals surface area (Å²) in [6.45, 7) is -2.04. The summed E-state index contributed by atoms with van der Waals surface area (Å²) in [5.74, 6) is -0.904. The number of hydrogen-bond donors (Lipinski definition) is 2. The number of benzene rings is 1. The Bertz CT molecular complexity index is 1520. The number of nitrogens with zero attached hydrogens (tertiary/aromatic N) is 6. The lowest BCUT2D eigenvalue weighted by atomic mass is 10.1. The van der Waals surface area contributed by atoms with Gasteiger partial charge in [-0.05, 0) is 37.1 Å². The molecule has 0 unspecified atom stereocenters. The zero-order valence-corrected chi connectivity index (χ0v) is 22.0. The molecular formula is C25H25ClF2N8O4. The molecular weight excluding hydrogens is 550 g/mol. The smallest absolute Gasteiger partial charge is 0.387 e. The molecule has 0 bridgehead atoms. The molecule has 2 amide bonds. The molecule has 1 saturated heterocycles. The number of hydrazine groups is 1. The van der Waals surface area contributed by atoms with E-state index < -0.39 is 12.5 Å². The summed E-state index contributed by atoms with van der Waals surface area (Å²) in [5.41, 5.74) is 4.00. The van der Waals surface area contributed by atoms with Crippen molar-refractivity contribution in [3.05, 3.63) is 59.6 Å². The Morgan fingerprint density at radius 2 is 2.05 bits per heavy atom. The number of halogens is 3. The number of carbonyl (C=O) groups excluding carboxylic acids is 2. The molecule has 0 aliphatic carbocycles. The molecule has 0 atom stereocenters. The van der Waals surface area contributed by atoms with Gasteiger partial charge in [-0.3, -0.25) is 19.7 Å². The van der Waals surface area contributed by atoms with Crippen molar-refractivity contribution in [2.24, 2.45) is 0 Å². The topological polar surface area (TPSA) is 128 Å². The monoisotopic (exact) mass is 574 g/mol. The fraction of sp³-hybridized carbons (Fsp3) is 0.320. The second-order valence-electron chi connectivity index (χ2n) is 8.98. The van der Waals surface area contributed by atoms with Crippen molar-refractivity contribution in [1.82, 2.24) is 34.8 Å². The number of ether oxygens (including phenoxy) is 2. The predicted molar refractivity (Wildman–Crippen MR) is 140 cm³/mol. The fourth-order valence-electron chi connectivity index (χ4n) is 4.51. The zero-order valence-electron chi connectivity index (χ0n) is 21.3. The highest BCUT2D eigenvalue weighted by Gasteiger charge is 2.27. The first-order valence-corrected chi connectivity index (χ1v) is 12.7. The van der Waals surface area contributed by atoms with E-state index in [1.807, 2.05) is 0 Å². The van der Waals surface area contributed by atoms with Gasteiger partial charge in [0.1, 0.15) is 23.6 Å². The van der Waals surface area contributed by atoms with Crippen LogP contribution in [0.1, 0.15) is 29.2 Å². The first-order chi connectivity index (χ1) is 19.3. The number of piperidine rings is 1. The zero-order chi connectivity index (χ0) is 28.2. The Labute approximate surface area is 231 Å². The second-order valence-corrected chi connectivity index (χ2v) is 9.41. The number of methoxy groups -OCH3 is 1. The minimum atomic E-state index is -3.08. The third-order valence-corrected chi connectivity index (χ3v) is 6.55. The van der Waals surface area contributed by atoms with Crippen LogP contribution in [0.4, 0.5) is 14.5 Å². The standard InChI is InChI=1S/C25H25ClF2N8O4/c1-39-14-21(37)32-34-9-5-16(6-10-34)36-13-19(31-24(38)18-12-30-35-8-2-7-29-23(18)35)22(33-36)17-11-15(26)3-4-20(17)40-25(27)28/h2-4,7-8,11-13,16,25H,5-6,9-10,14H2,1H3,(H,31,38)(H,32,37). The van der Waals surface area contributed by atoms with Crippen LogP contribution in [0, 0.1) is 0 Å². The molecule has 1 aliphatic rings. The van der Waals surface area contributed by atoms with Crippen molar-refractivity contribution in [3.8, 4) is 17.0 Å². The van der Waals surface area contributed by atoms with Crippen LogP contribution in [0.15, 0.2) is 49.1 Å². The number of fused-ring (bicyclic) bond motifs is 1. The van der Waals surface area contributed by atoms with E-state index in [9.17, 15) is 18.4 Å². The maximum absolute atomic E-state index is 13.3. The van der Waals surface area contributed by atoms with Gasteiger partial charge < -0.3 is 14.8 Å². The van der Waals surface area contributed by atoms with E-state index in [1.165, 1.54) is 36.0 Å². The lowest BCUT2D eigenvalue weighted by Gasteiger charge is -2.32. The van der Waals surface area contributed by atoms with E-state index in [0.717, 1.165) is 0 Å². The average molecular weight is 575 g/mol. The molecule has 0 spiro atoms. The first-order valence-electron chi connectivity index (χ1n) is 12.3. The van der Waals surface area contributed by atoms with Crippen LogP contribution in [0.5, 0.6) is 5.75 Å². The number of hydrogen-bond acceptors (Lipinski definition) is 8. The van der Waals surface area contributed by atoms with Crippen LogP contribution in [-0.2, 0) is 9.53 Å². The van der Waals surface area contributed by atoms with E-state index in [1.54, 1.807) is 34.3 Å². The van der Waals surface area contributed by atoms with Crippen LogP contribution in [0.3, 0.4) is 0 Å². The van der Waals surface area contributed by atoms with Gasteiger partial charge in [-0.25, -0.2) is 14.5 Å². The molecule has 2 N–H and O–H groups in total. The molecule has 1 aliphatic heterocycles. The lowest BCUT2D eigenvalue weighted by Crippen LogP contribution is -2.48. The summed E-state index contributed by atoms with van der Waals surface area (Å²) in [6, 6.07) is 5.78. The van der Waals surface area contributed by atoms with Crippen LogP contribution in [-0.4, -0.2) is 74.6 Å². The minimum absolute atomic E-state index is 0.0453. The highest BCUT2D eigenvalue weighted by atomic mass is 35.5. The lowest BCUT2D eigenvalue weighted by molar-refractivity contribution is -0.130. The summed E-state index contributed by atoms with van der Waals surface area (Å²) in [5, 5.41) is 13.7. The molecule has 4 aromatic rings. The molecule has 40 heavy (non-hydrogen) atoms. The van der Waals surface area contributed by atoms with E-state index in [0.29, 0.717) is 31.6 Å². The molecule has 0 saturated carbocycles. The van der Waals surface area contributed by atoms with Gasteiger partial charge in [0.15, 0.2) is 5.65 Å².